The fraction of sp³-hybridized carbons (Fsp3) is 0.927. The lowest BCUT2D eigenvalue weighted by Gasteiger charge is -2.27. The summed E-state index contributed by atoms with van der Waals surface area (Å²) < 4.78 is 0. The van der Waals surface area contributed by atoms with Crippen molar-refractivity contribution in [3.63, 3.8) is 0 Å². The first-order valence-electron chi connectivity index (χ1n) is 20.7. The van der Waals surface area contributed by atoms with E-state index in [9.17, 15) is 30.3 Å². The molecular formula is C41H81NO6. The van der Waals surface area contributed by atoms with E-state index in [0.717, 1.165) is 25.7 Å². The summed E-state index contributed by atoms with van der Waals surface area (Å²) >= 11 is 0. The summed E-state index contributed by atoms with van der Waals surface area (Å²) in [6.45, 7) is 3.97. The Balaban J connectivity index is 3.88. The minimum absolute atomic E-state index is 0.176. The van der Waals surface area contributed by atoms with Crippen LogP contribution in [0.15, 0.2) is 12.2 Å². The van der Waals surface area contributed by atoms with Crippen LogP contribution in [0.2, 0.25) is 0 Å². The Labute approximate surface area is 296 Å². The number of aliphatic hydroxyl groups excluding tert-OH is 5. The van der Waals surface area contributed by atoms with Crippen molar-refractivity contribution in [3.05, 3.63) is 12.2 Å². The van der Waals surface area contributed by atoms with E-state index in [-0.39, 0.29) is 6.42 Å². The molecule has 0 fully saturated rings. The van der Waals surface area contributed by atoms with Crippen LogP contribution >= 0.6 is 0 Å². The number of nitrogens with one attached hydrogen (secondary N) is 1. The second kappa shape index (κ2) is 35.8. The van der Waals surface area contributed by atoms with E-state index in [2.05, 4.69) is 25.2 Å². The first kappa shape index (κ1) is 47.0. The van der Waals surface area contributed by atoms with Gasteiger partial charge in [-0.2, -0.15) is 0 Å². The molecule has 0 aliphatic heterocycles. The molecule has 5 atom stereocenters. The zero-order chi connectivity index (χ0) is 35.5. The molecule has 0 rings (SSSR count). The van der Waals surface area contributed by atoms with Crippen LogP contribution in [-0.4, -0.2) is 68.5 Å². The molecule has 0 aliphatic carbocycles. The third-order valence-corrected chi connectivity index (χ3v) is 9.82. The van der Waals surface area contributed by atoms with Gasteiger partial charge < -0.3 is 30.8 Å². The number of hydrogen-bond donors (Lipinski definition) is 6. The monoisotopic (exact) mass is 684 g/mol. The Morgan fingerprint density at radius 2 is 0.896 bits per heavy atom. The third-order valence-electron chi connectivity index (χ3n) is 9.82. The highest BCUT2D eigenvalue weighted by Gasteiger charge is 2.28. The predicted molar refractivity (Wildman–Crippen MR) is 202 cm³/mol. The molecule has 0 aromatic heterocycles. The second-order valence-corrected chi connectivity index (χ2v) is 14.5. The van der Waals surface area contributed by atoms with Crippen LogP contribution in [0.25, 0.3) is 0 Å². The van der Waals surface area contributed by atoms with Crippen molar-refractivity contribution in [2.75, 3.05) is 6.61 Å². The normalized spacial score (nSPS) is 15.1. The van der Waals surface area contributed by atoms with Crippen LogP contribution in [0.1, 0.15) is 206 Å². The van der Waals surface area contributed by atoms with Gasteiger partial charge in [0.15, 0.2) is 0 Å². The molecule has 0 unspecified atom stereocenters. The number of hydrogen-bond acceptors (Lipinski definition) is 6. The Hall–Kier alpha value is -0.990. The summed E-state index contributed by atoms with van der Waals surface area (Å²) in [5, 5.41) is 53.8. The van der Waals surface area contributed by atoms with E-state index in [1.165, 1.54) is 141 Å². The molecule has 0 saturated carbocycles. The van der Waals surface area contributed by atoms with Gasteiger partial charge in [-0.05, 0) is 32.1 Å². The van der Waals surface area contributed by atoms with Gasteiger partial charge in [0, 0.05) is 6.42 Å². The van der Waals surface area contributed by atoms with Crippen molar-refractivity contribution in [1.29, 1.82) is 0 Å². The fourth-order valence-corrected chi connectivity index (χ4v) is 6.40. The largest absolute Gasteiger partial charge is 0.394 e. The molecule has 7 nitrogen and oxygen atoms in total. The van der Waals surface area contributed by atoms with Gasteiger partial charge in [-0.3, -0.25) is 4.79 Å². The topological polar surface area (TPSA) is 130 Å². The number of carbonyl (C=O) groups excluding carboxylic acids is 1. The van der Waals surface area contributed by atoms with E-state index in [0.29, 0.717) is 19.3 Å². The molecule has 0 heterocycles. The van der Waals surface area contributed by atoms with Gasteiger partial charge in [-0.1, -0.05) is 180 Å². The average molecular weight is 684 g/mol. The van der Waals surface area contributed by atoms with Gasteiger partial charge in [-0.25, -0.2) is 0 Å². The quantitative estimate of drug-likeness (QED) is 0.0286. The fourth-order valence-electron chi connectivity index (χ4n) is 6.40. The first-order chi connectivity index (χ1) is 23.4. The molecule has 286 valence electrons. The van der Waals surface area contributed by atoms with Crippen molar-refractivity contribution in [2.45, 2.75) is 237 Å². The van der Waals surface area contributed by atoms with E-state index >= 15 is 0 Å². The molecule has 0 aliphatic rings. The lowest BCUT2D eigenvalue weighted by atomic mass is 9.98. The average Bonchev–Trinajstić information content (AvgIpc) is 3.08. The smallest absolute Gasteiger partial charge is 0.249 e. The summed E-state index contributed by atoms with van der Waals surface area (Å²) in [6.07, 6.45) is 33.8. The van der Waals surface area contributed by atoms with Crippen LogP contribution in [0, 0.1) is 0 Å². The van der Waals surface area contributed by atoms with Crippen LogP contribution in [0.5, 0.6) is 0 Å². The number of allylic oxidation sites excluding steroid dienone is 2. The number of unbranched alkanes of at least 4 members (excludes halogenated alkanes) is 24. The summed E-state index contributed by atoms with van der Waals surface area (Å²) in [5.41, 5.74) is 0. The summed E-state index contributed by atoms with van der Waals surface area (Å²) in [5.74, 6) is -0.626. The number of aliphatic hydroxyl groups is 5. The van der Waals surface area contributed by atoms with Crippen LogP contribution in [-0.2, 0) is 4.79 Å². The zero-order valence-electron chi connectivity index (χ0n) is 31.6. The van der Waals surface area contributed by atoms with Crippen molar-refractivity contribution in [1.82, 2.24) is 5.32 Å². The zero-order valence-corrected chi connectivity index (χ0v) is 31.6. The second-order valence-electron chi connectivity index (χ2n) is 14.5. The van der Waals surface area contributed by atoms with E-state index < -0.39 is 43.0 Å². The maximum Gasteiger partial charge on any atom is 0.249 e. The van der Waals surface area contributed by atoms with Crippen LogP contribution in [0.3, 0.4) is 0 Å². The number of amides is 1. The van der Waals surface area contributed by atoms with Crippen molar-refractivity contribution < 1.29 is 30.3 Å². The molecule has 48 heavy (non-hydrogen) atoms. The summed E-state index contributed by atoms with van der Waals surface area (Å²) in [4.78, 5) is 12.4. The predicted octanol–water partition coefficient (Wildman–Crippen LogP) is 9.21. The molecule has 0 spiro atoms. The molecule has 6 N–H and O–H groups in total. The van der Waals surface area contributed by atoms with E-state index in [1.807, 2.05) is 6.08 Å². The van der Waals surface area contributed by atoms with Gasteiger partial charge in [0.2, 0.25) is 5.91 Å². The number of rotatable bonds is 37. The Bertz CT molecular complexity index is 704. The Kier molecular flexibility index (Phi) is 35.1. The molecule has 7 heteroatoms. The maximum atomic E-state index is 12.4. The van der Waals surface area contributed by atoms with Gasteiger partial charge in [0.1, 0.15) is 6.10 Å². The molecule has 0 radical (unpaired) electrons. The van der Waals surface area contributed by atoms with E-state index in [1.54, 1.807) is 0 Å². The Morgan fingerprint density at radius 3 is 1.33 bits per heavy atom. The molecule has 0 saturated heterocycles. The van der Waals surface area contributed by atoms with Crippen molar-refractivity contribution >= 4 is 5.91 Å². The lowest BCUT2D eigenvalue weighted by Crippen LogP contribution is -2.50. The lowest BCUT2D eigenvalue weighted by molar-refractivity contribution is -0.132. The van der Waals surface area contributed by atoms with Crippen LogP contribution < -0.4 is 5.32 Å². The molecule has 0 bridgehead atoms. The highest BCUT2D eigenvalue weighted by Crippen LogP contribution is 2.16. The van der Waals surface area contributed by atoms with Gasteiger partial charge >= 0.3 is 0 Å². The minimum atomic E-state index is -1.24. The third kappa shape index (κ3) is 29.9. The van der Waals surface area contributed by atoms with Crippen molar-refractivity contribution in [3.8, 4) is 0 Å². The standard InChI is InChI=1S/C41H81NO6/c1-3-5-7-9-11-13-15-16-17-18-19-20-21-23-24-26-28-30-32-37(44)40(47)34-39(46)36(35-43)42-41(48)38(45)33-31-29-27-25-22-14-12-10-8-6-4-2/h26,28,36-40,43-47H,3-25,27,29-35H2,1-2H3,(H,42,48)/b28-26+/t36-,37+,38+,39-,40-/m0/s1. The highest BCUT2D eigenvalue weighted by atomic mass is 16.3. The van der Waals surface area contributed by atoms with E-state index in [4.69, 9.17) is 0 Å². The first-order valence-corrected chi connectivity index (χ1v) is 20.7. The van der Waals surface area contributed by atoms with Crippen molar-refractivity contribution in [2.24, 2.45) is 0 Å². The van der Waals surface area contributed by atoms with Gasteiger partial charge in [0.05, 0.1) is 31.0 Å². The Morgan fingerprint density at radius 1 is 0.500 bits per heavy atom. The molecule has 0 aromatic rings. The minimum Gasteiger partial charge on any atom is -0.394 e. The van der Waals surface area contributed by atoms with Gasteiger partial charge in [0.25, 0.3) is 0 Å². The van der Waals surface area contributed by atoms with Crippen LogP contribution in [0.4, 0.5) is 0 Å². The van der Waals surface area contributed by atoms with Gasteiger partial charge in [-0.15, -0.1) is 0 Å². The summed E-state index contributed by atoms with van der Waals surface area (Å²) in [7, 11) is 0. The highest BCUT2D eigenvalue weighted by molar-refractivity contribution is 5.80. The number of carbonyl (C=O) groups is 1. The SMILES string of the molecule is CCCCCCCCCCCCCCCC/C=C/CC[C@@H](O)[C@@H](O)C[C@H](O)[C@H](CO)NC(=O)[C@H](O)CCCCCCCCCCCCC. The maximum absolute atomic E-state index is 12.4. The molecule has 1 amide bonds. The molecule has 0 aromatic carbocycles. The summed E-state index contributed by atoms with van der Waals surface area (Å²) in [6, 6.07) is -1.02. The molecular weight excluding hydrogens is 602 g/mol.